The van der Waals surface area contributed by atoms with Gasteiger partial charge in [0.2, 0.25) is 0 Å². The summed E-state index contributed by atoms with van der Waals surface area (Å²) < 4.78 is 22.5. The second-order valence-electron chi connectivity index (χ2n) is 14.5. The number of aromatic amines is 2. The van der Waals surface area contributed by atoms with Gasteiger partial charge < -0.3 is 28.9 Å². The summed E-state index contributed by atoms with van der Waals surface area (Å²) in [6.45, 7) is 4.15. The molecule has 0 saturated heterocycles. The standard InChI is InChI=1S/C52H42N4O6/c1-5-61-51(57)33-19-15-31(16-20-33)47-37-23-27-41(53-37)49(35-11-7-9-13-45(35)59-3)43-29-25-39(55-43)48(32-17-21-34(22-18-32)52(58)62-6-2)40-26-30-44(56-40)50(42-28-24-38(47)54-42)36-12-8-10-14-46(36)60-4/h7-30,53,56H,5-6H2,1-4H3. The first-order chi connectivity index (χ1) is 30.4. The van der Waals surface area contributed by atoms with E-state index in [0.717, 1.165) is 66.6 Å². The number of nitrogens with one attached hydrogen (secondary N) is 2. The van der Waals surface area contributed by atoms with Gasteiger partial charge in [-0.1, -0.05) is 60.7 Å². The van der Waals surface area contributed by atoms with Crippen molar-refractivity contribution in [1.29, 1.82) is 0 Å². The molecule has 10 nitrogen and oxygen atoms in total. The molecule has 2 aliphatic heterocycles. The van der Waals surface area contributed by atoms with E-state index in [1.165, 1.54) is 0 Å². The number of benzene rings is 4. The van der Waals surface area contributed by atoms with Gasteiger partial charge in [0.05, 0.1) is 61.3 Å². The summed E-state index contributed by atoms with van der Waals surface area (Å²) >= 11 is 0. The number of rotatable bonds is 10. The van der Waals surface area contributed by atoms with E-state index in [-0.39, 0.29) is 25.2 Å². The molecule has 0 unspecified atom stereocenters. The van der Waals surface area contributed by atoms with Crippen LogP contribution in [-0.4, -0.2) is 59.3 Å². The summed E-state index contributed by atoms with van der Waals surface area (Å²) in [6, 6.07) is 38.7. The Morgan fingerprint density at radius 3 is 1.15 bits per heavy atom. The van der Waals surface area contributed by atoms with Crippen molar-refractivity contribution >= 4 is 58.3 Å². The summed E-state index contributed by atoms with van der Waals surface area (Å²) in [7, 11) is 3.32. The Morgan fingerprint density at radius 2 is 0.790 bits per heavy atom. The average Bonchev–Trinajstić information content (AvgIpc) is 4.16. The molecule has 7 aromatic rings. The number of aromatic nitrogens is 4. The highest BCUT2D eigenvalue weighted by molar-refractivity contribution is 6.01. The van der Waals surface area contributed by atoms with Gasteiger partial charge in [-0.25, -0.2) is 19.6 Å². The van der Waals surface area contributed by atoms with Crippen molar-refractivity contribution in [2.75, 3.05) is 27.4 Å². The topological polar surface area (TPSA) is 128 Å². The lowest BCUT2D eigenvalue weighted by atomic mass is 10.0. The van der Waals surface area contributed by atoms with Gasteiger partial charge in [0.25, 0.3) is 0 Å². The van der Waals surface area contributed by atoms with Crippen LogP contribution in [0.4, 0.5) is 0 Å². The number of methoxy groups -OCH3 is 2. The van der Waals surface area contributed by atoms with Crippen molar-refractivity contribution in [1.82, 2.24) is 19.9 Å². The van der Waals surface area contributed by atoms with Crippen molar-refractivity contribution in [3.8, 4) is 56.0 Å². The molecular weight excluding hydrogens is 777 g/mol. The van der Waals surface area contributed by atoms with Crippen molar-refractivity contribution in [2.24, 2.45) is 0 Å². The maximum Gasteiger partial charge on any atom is 0.338 e. The molecule has 10 heteroatoms. The molecule has 0 atom stereocenters. The maximum absolute atomic E-state index is 12.7. The number of hydrogen-bond donors (Lipinski definition) is 2. The third-order valence-electron chi connectivity index (χ3n) is 10.9. The van der Waals surface area contributed by atoms with Crippen LogP contribution in [0.15, 0.2) is 121 Å². The number of nitrogens with zero attached hydrogens (tertiary/aromatic N) is 2. The molecule has 9 rings (SSSR count). The number of hydrogen-bond acceptors (Lipinski definition) is 8. The Bertz CT molecular complexity index is 2890. The predicted octanol–water partition coefficient (Wildman–Crippen LogP) is 11.7. The summed E-state index contributed by atoms with van der Waals surface area (Å²) in [5.74, 6) is 0.605. The molecule has 5 heterocycles. The summed E-state index contributed by atoms with van der Waals surface area (Å²) in [5.41, 5.74) is 13.7. The highest BCUT2D eigenvalue weighted by atomic mass is 16.5. The number of carbonyl (C=O) groups excluding carboxylic acids is 2. The molecule has 0 amide bonds. The van der Waals surface area contributed by atoms with Gasteiger partial charge in [0, 0.05) is 55.4 Å². The number of esters is 2. The van der Waals surface area contributed by atoms with Crippen LogP contribution in [-0.2, 0) is 9.47 Å². The lowest BCUT2D eigenvalue weighted by molar-refractivity contribution is 0.0517. The third-order valence-corrected chi connectivity index (χ3v) is 10.9. The van der Waals surface area contributed by atoms with E-state index in [4.69, 9.17) is 28.9 Å². The molecule has 0 radical (unpaired) electrons. The van der Waals surface area contributed by atoms with E-state index in [9.17, 15) is 9.59 Å². The fourth-order valence-electron chi connectivity index (χ4n) is 8.06. The molecule has 0 aliphatic carbocycles. The monoisotopic (exact) mass is 818 g/mol. The molecule has 8 bridgehead atoms. The Hall–Kier alpha value is -7.98. The predicted molar refractivity (Wildman–Crippen MR) is 246 cm³/mol. The number of H-pyrrole nitrogens is 2. The number of fused-ring (bicyclic) bond motifs is 8. The number of carbonyl (C=O) groups is 2. The van der Waals surface area contributed by atoms with Crippen molar-refractivity contribution in [3.05, 3.63) is 155 Å². The van der Waals surface area contributed by atoms with Crippen LogP contribution in [0.2, 0.25) is 0 Å². The molecule has 2 aliphatic rings. The smallest absolute Gasteiger partial charge is 0.338 e. The van der Waals surface area contributed by atoms with Gasteiger partial charge in [-0.15, -0.1) is 0 Å². The number of ether oxygens (including phenoxy) is 4. The lowest BCUT2D eigenvalue weighted by Crippen LogP contribution is -2.04. The SMILES string of the molecule is CCOC(=O)c1ccc(-c2c3nc(c(-c4ccccc4OC)c4ccc([nH]4)c(-c4ccc(C(=O)OCC)cc4)c4nc(c(-c5ccccc5OC)c5ccc2[nH]5)C=C4)C=C3)cc1. The zero-order valence-corrected chi connectivity index (χ0v) is 34.6. The largest absolute Gasteiger partial charge is 0.496 e. The lowest BCUT2D eigenvalue weighted by Gasteiger charge is -2.10. The quantitative estimate of drug-likeness (QED) is 0.131. The molecule has 0 spiro atoms. The maximum atomic E-state index is 12.7. The molecule has 0 saturated carbocycles. The first kappa shape index (κ1) is 39.5. The molecule has 3 aromatic heterocycles. The Labute approximate surface area is 358 Å². The van der Waals surface area contributed by atoms with E-state index in [2.05, 4.69) is 9.97 Å². The van der Waals surface area contributed by atoms with Crippen LogP contribution < -0.4 is 9.47 Å². The van der Waals surface area contributed by atoms with Gasteiger partial charge in [0.1, 0.15) is 11.5 Å². The molecular formula is C52H42N4O6. The molecule has 62 heavy (non-hydrogen) atoms. The molecule has 0 fully saturated rings. The average molecular weight is 819 g/mol. The van der Waals surface area contributed by atoms with Crippen LogP contribution in [0.3, 0.4) is 0 Å². The number of para-hydroxylation sites is 2. The highest BCUT2D eigenvalue weighted by Gasteiger charge is 2.21. The molecule has 4 aromatic carbocycles. The van der Waals surface area contributed by atoms with Gasteiger partial charge in [0.15, 0.2) is 0 Å². The zero-order chi connectivity index (χ0) is 42.7. The normalized spacial score (nSPS) is 11.7. The third kappa shape index (κ3) is 7.32. The van der Waals surface area contributed by atoms with Crippen LogP contribution in [0.1, 0.15) is 57.3 Å². The first-order valence-corrected chi connectivity index (χ1v) is 20.4. The van der Waals surface area contributed by atoms with Crippen LogP contribution in [0.5, 0.6) is 11.5 Å². The van der Waals surface area contributed by atoms with E-state index in [0.29, 0.717) is 45.4 Å². The van der Waals surface area contributed by atoms with E-state index < -0.39 is 0 Å². The second kappa shape index (κ2) is 16.9. The van der Waals surface area contributed by atoms with Gasteiger partial charge >= 0.3 is 11.9 Å². The van der Waals surface area contributed by atoms with Crippen molar-refractivity contribution in [3.63, 3.8) is 0 Å². The molecule has 2 N–H and O–H groups in total. The van der Waals surface area contributed by atoms with Crippen molar-refractivity contribution in [2.45, 2.75) is 13.8 Å². The van der Waals surface area contributed by atoms with Crippen molar-refractivity contribution < 1.29 is 28.5 Å². The minimum atomic E-state index is -0.383. The summed E-state index contributed by atoms with van der Waals surface area (Å²) in [4.78, 5) is 43.6. The zero-order valence-electron chi connectivity index (χ0n) is 34.6. The Morgan fingerprint density at radius 1 is 0.452 bits per heavy atom. The summed E-state index contributed by atoms with van der Waals surface area (Å²) in [5, 5.41) is 0. The van der Waals surface area contributed by atoms with Gasteiger partial charge in [-0.2, -0.15) is 0 Å². The molecule has 306 valence electrons. The first-order valence-electron chi connectivity index (χ1n) is 20.4. The minimum absolute atomic E-state index is 0.283. The van der Waals surface area contributed by atoms with Crippen LogP contribution >= 0.6 is 0 Å². The fourth-order valence-corrected chi connectivity index (χ4v) is 8.06. The van der Waals surface area contributed by atoms with Crippen LogP contribution in [0, 0.1) is 0 Å². The minimum Gasteiger partial charge on any atom is -0.496 e. The van der Waals surface area contributed by atoms with E-state index >= 15 is 0 Å². The summed E-state index contributed by atoms with van der Waals surface area (Å²) in [6.07, 6.45) is 8.06. The van der Waals surface area contributed by atoms with Crippen LogP contribution in [0.25, 0.3) is 90.9 Å². The second-order valence-corrected chi connectivity index (χ2v) is 14.5. The Kier molecular flexibility index (Phi) is 10.8. The van der Waals surface area contributed by atoms with E-state index in [1.54, 1.807) is 52.3 Å². The Balaban J connectivity index is 1.42. The highest BCUT2D eigenvalue weighted by Crippen LogP contribution is 2.41. The fraction of sp³-hybridized carbons (Fsp3) is 0.115. The van der Waals surface area contributed by atoms with Gasteiger partial charge in [-0.3, -0.25) is 0 Å². The van der Waals surface area contributed by atoms with Gasteiger partial charge in [-0.05, 0) is 110 Å². The van der Waals surface area contributed by atoms with E-state index in [1.807, 2.05) is 121 Å².